The molecule has 3 N–H and O–H groups in total. The number of carbonyl (C=O) groups excluding carboxylic acids is 2. The lowest BCUT2D eigenvalue weighted by molar-refractivity contribution is -0.167. The van der Waals surface area contributed by atoms with Crippen LogP contribution in [0.25, 0.3) is 11.3 Å². The Morgan fingerprint density at radius 2 is 2.03 bits per heavy atom. The maximum Gasteiger partial charge on any atom is 0.301 e. The summed E-state index contributed by atoms with van der Waals surface area (Å²) in [5.74, 6) is -3.62. The van der Waals surface area contributed by atoms with E-state index in [0.29, 0.717) is 22.6 Å². The van der Waals surface area contributed by atoms with Crippen molar-refractivity contribution >= 4 is 17.6 Å². The third-order valence-electron chi connectivity index (χ3n) is 5.91. The number of aliphatic hydroxyl groups excluding tert-OH is 2. The molecule has 1 aliphatic heterocycles. The molecule has 0 bridgehead atoms. The summed E-state index contributed by atoms with van der Waals surface area (Å²) < 4.78 is 35.0. The minimum atomic E-state index is -3.34. The first-order valence-corrected chi connectivity index (χ1v) is 11.0. The lowest BCUT2D eigenvalue weighted by Gasteiger charge is -2.38. The highest BCUT2D eigenvalue weighted by Crippen LogP contribution is 2.34. The molecule has 182 valence electrons. The van der Waals surface area contributed by atoms with Gasteiger partial charge in [0.2, 0.25) is 5.91 Å². The van der Waals surface area contributed by atoms with E-state index in [1.165, 1.54) is 6.33 Å². The van der Waals surface area contributed by atoms with Gasteiger partial charge in [0.25, 0.3) is 5.91 Å². The number of aryl methyl sites for hydroxylation is 1. The van der Waals surface area contributed by atoms with Crippen LogP contribution in [-0.2, 0) is 9.59 Å². The Labute approximate surface area is 194 Å². The molecule has 2 amide bonds. The number of ether oxygens (including phenoxy) is 1. The first-order valence-electron chi connectivity index (χ1n) is 11.0. The van der Waals surface area contributed by atoms with Crippen molar-refractivity contribution < 1.29 is 33.3 Å². The molecule has 2 aliphatic rings. The number of amides is 2. The van der Waals surface area contributed by atoms with E-state index >= 15 is 0 Å². The third kappa shape index (κ3) is 5.31. The number of hydrogen-bond donors (Lipinski definition) is 3. The number of piperidine rings is 1. The maximum atomic E-state index is 14.7. The largest absolute Gasteiger partial charge is 0.484 e. The Balaban J connectivity index is 1.44. The van der Waals surface area contributed by atoms with Gasteiger partial charge in [0.1, 0.15) is 17.9 Å². The van der Waals surface area contributed by atoms with Crippen LogP contribution in [0.5, 0.6) is 5.75 Å². The van der Waals surface area contributed by atoms with Gasteiger partial charge in [0, 0.05) is 30.5 Å². The molecule has 9 nitrogen and oxygen atoms in total. The molecule has 2 heterocycles. The van der Waals surface area contributed by atoms with Gasteiger partial charge in [0.15, 0.2) is 12.2 Å². The Morgan fingerprint density at radius 1 is 1.26 bits per heavy atom. The monoisotopic (exact) mass is 476 g/mol. The van der Waals surface area contributed by atoms with Crippen LogP contribution in [-0.4, -0.2) is 74.7 Å². The third-order valence-corrected chi connectivity index (χ3v) is 5.91. The van der Waals surface area contributed by atoms with Crippen molar-refractivity contribution in [2.75, 3.05) is 25.0 Å². The van der Waals surface area contributed by atoms with Crippen molar-refractivity contribution in [1.82, 2.24) is 14.9 Å². The van der Waals surface area contributed by atoms with Crippen LogP contribution >= 0.6 is 0 Å². The molecule has 1 saturated heterocycles. The summed E-state index contributed by atoms with van der Waals surface area (Å²) >= 11 is 0. The second kappa shape index (κ2) is 9.59. The quantitative estimate of drug-likeness (QED) is 0.556. The Morgan fingerprint density at radius 3 is 2.68 bits per heavy atom. The van der Waals surface area contributed by atoms with Crippen LogP contribution in [0, 0.1) is 12.8 Å². The van der Waals surface area contributed by atoms with Crippen LogP contribution in [0.1, 0.15) is 24.8 Å². The van der Waals surface area contributed by atoms with Gasteiger partial charge in [-0.25, -0.2) is 18.7 Å². The van der Waals surface area contributed by atoms with Crippen LogP contribution in [0.15, 0.2) is 30.6 Å². The number of hydrogen-bond acceptors (Lipinski definition) is 7. The van der Waals surface area contributed by atoms with Gasteiger partial charge in [-0.2, -0.15) is 0 Å². The van der Waals surface area contributed by atoms with Crippen molar-refractivity contribution in [3.8, 4) is 17.0 Å². The van der Waals surface area contributed by atoms with Gasteiger partial charge in [-0.15, -0.1) is 0 Å². The predicted octanol–water partition coefficient (Wildman–Crippen LogP) is 1.77. The first-order chi connectivity index (χ1) is 16.2. The standard InChI is InChI=1S/C23H26F2N4O5/c1-13-8-15(16-9-20(27-12-26-16)28-21(32)14-2-3-14)4-5-18(13)34-19-6-7-29(11-23(19,24)25)22(33)17(31)10-30/h4-5,8-9,12,14,17,19,30-31H,2-3,6-7,10-11H2,1H3,(H,26,27,28,32). The number of carbonyl (C=O) groups is 2. The minimum absolute atomic E-state index is 0.0242. The summed E-state index contributed by atoms with van der Waals surface area (Å²) in [4.78, 5) is 33.1. The fourth-order valence-corrected chi connectivity index (χ4v) is 3.79. The van der Waals surface area contributed by atoms with Gasteiger partial charge < -0.3 is 25.2 Å². The van der Waals surface area contributed by atoms with Crippen LogP contribution < -0.4 is 10.1 Å². The normalized spacial score (nSPS) is 20.5. The van der Waals surface area contributed by atoms with E-state index in [-0.39, 0.29) is 30.5 Å². The van der Waals surface area contributed by atoms with Crippen molar-refractivity contribution in [2.24, 2.45) is 5.92 Å². The summed E-state index contributed by atoms with van der Waals surface area (Å²) in [6.07, 6.45) is -0.190. The van der Waals surface area contributed by atoms with Gasteiger partial charge in [-0.05, 0) is 43.5 Å². The lowest BCUT2D eigenvalue weighted by atomic mass is 10.0. The number of halogens is 2. The Bertz CT molecular complexity index is 1080. The predicted molar refractivity (Wildman–Crippen MR) is 117 cm³/mol. The van der Waals surface area contributed by atoms with E-state index in [1.54, 1.807) is 31.2 Å². The summed E-state index contributed by atoms with van der Waals surface area (Å²) in [7, 11) is 0. The summed E-state index contributed by atoms with van der Waals surface area (Å²) in [6, 6.07) is 6.67. The van der Waals surface area contributed by atoms with Gasteiger partial charge in [-0.3, -0.25) is 9.59 Å². The molecule has 1 aromatic carbocycles. The van der Waals surface area contributed by atoms with Crippen molar-refractivity contribution in [3.63, 3.8) is 0 Å². The highest BCUT2D eigenvalue weighted by atomic mass is 19.3. The fourth-order valence-electron chi connectivity index (χ4n) is 3.79. The first kappa shape index (κ1) is 24.0. The average Bonchev–Trinajstić information content (AvgIpc) is 3.66. The van der Waals surface area contributed by atoms with Gasteiger partial charge >= 0.3 is 5.92 Å². The van der Waals surface area contributed by atoms with E-state index in [9.17, 15) is 23.5 Å². The van der Waals surface area contributed by atoms with Crippen LogP contribution in [0.3, 0.4) is 0 Å². The SMILES string of the molecule is Cc1cc(-c2cc(NC(=O)C3CC3)ncn2)ccc1OC1CCN(C(=O)C(O)CO)CC1(F)F. The number of rotatable bonds is 7. The summed E-state index contributed by atoms with van der Waals surface area (Å²) in [6.45, 7) is -0.0259. The Kier molecular flexibility index (Phi) is 6.76. The number of alkyl halides is 2. The van der Waals surface area contributed by atoms with Crippen molar-refractivity contribution in [2.45, 2.75) is 44.3 Å². The van der Waals surface area contributed by atoms with E-state index < -0.39 is 37.2 Å². The molecular weight excluding hydrogens is 450 g/mol. The number of likely N-dealkylation sites (tertiary alicyclic amines) is 1. The number of aliphatic hydroxyl groups is 2. The molecule has 2 atom stereocenters. The zero-order valence-electron chi connectivity index (χ0n) is 18.6. The second-order valence-electron chi connectivity index (χ2n) is 8.65. The molecule has 1 saturated carbocycles. The molecule has 11 heteroatoms. The molecule has 0 radical (unpaired) electrons. The number of nitrogens with one attached hydrogen (secondary N) is 1. The molecule has 1 aliphatic carbocycles. The van der Waals surface area contributed by atoms with E-state index in [4.69, 9.17) is 9.84 Å². The van der Waals surface area contributed by atoms with E-state index in [0.717, 1.165) is 17.7 Å². The zero-order chi connectivity index (χ0) is 24.5. The number of benzene rings is 1. The smallest absolute Gasteiger partial charge is 0.301 e. The summed E-state index contributed by atoms with van der Waals surface area (Å²) in [5, 5.41) is 21.1. The molecule has 0 spiro atoms. The highest BCUT2D eigenvalue weighted by Gasteiger charge is 2.48. The molecule has 1 aromatic heterocycles. The maximum absolute atomic E-state index is 14.7. The van der Waals surface area contributed by atoms with Crippen molar-refractivity contribution in [1.29, 1.82) is 0 Å². The summed E-state index contributed by atoms with van der Waals surface area (Å²) in [5.41, 5.74) is 1.89. The molecular formula is C23H26F2N4O5. The van der Waals surface area contributed by atoms with Gasteiger partial charge in [-0.1, -0.05) is 0 Å². The topological polar surface area (TPSA) is 125 Å². The molecule has 2 fully saturated rings. The van der Waals surface area contributed by atoms with Crippen LogP contribution in [0.2, 0.25) is 0 Å². The molecule has 4 rings (SSSR count). The van der Waals surface area contributed by atoms with E-state index in [1.807, 2.05) is 0 Å². The number of aromatic nitrogens is 2. The number of nitrogens with zero attached hydrogens (tertiary/aromatic N) is 3. The van der Waals surface area contributed by atoms with Crippen molar-refractivity contribution in [3.05, 3.63) is 36.2 Å². The lowest BCUT2D eigenvalue weighted by Crippen LogP contribution is -2.57. The second-order valence-corrected chi connectivity index (χ2v) is 8.65. The molecule has 2 unspecified atom stereocenters. The molecule has 2 aromatic rings. The minimum Gasteiger partial charge on any atom is -0.484 e. The highest BCUT2D eigenvalue weighted by molar-refractivity contribution is 5.93. The number of anilines is 1. The fraction of sp³-hybridized carbons (Fsp3) is 0.478. The van der Waals surface area contributed by atoms with E-state index in [2.05, 4.69) is 15.3 Å². The van der Waals surface area contributed by atoms with Gasteiger partial charge in [0.05, 0.1) is 18.8 Å². The Hall–Kier alpha value is -3.18. The zero-order valence-corrected chi connectivity index (χ0v) is 18.6. The van der Waals surface area contributed by atoms with Crippen LogP contribution in [0.4, 0.5) is 14.6 Å². The molecule has 34 heavy (non-hydrogen) atoms. The average molecular weight is 476 g/mol.